The summed E-state index contributed by atoms with van der Waals surface area (Å²) >= 11 is 0. The third-order valence-corrected chi connectivity index (χ3v) is 6.68. The van der Waals surface area contributed by atoms with Gasteiger partial charge in [0.1, 0.15) is 12.4 Å². The highest BCUT2D eigenvalue weighted by Gasteiger charge is 2.26. The summed E-state index contributed by atoms with van der Waals surface area (Å²) in [7, 11) is 4.10. The molecule has 1 aliphatic heterocycles. The molecular formula is C27H34N6O2. The molecule has 1 fully saturated rings. The highest BCUT2D eigenvalue weighted by molar-refractivity contribution is 5.83. The van der Waals surface area contributed by atoms with Gasteiger partial charge in [0, 0.05) is 45.0 Å². The molecule has 35 heavy (non-hydrogen) atoms. The van der Waals surface area contributed by atoms with Crippen LogP contribution < -0.4 is 10.1 Å². The van der Waals surface area contributed by atoms with Crippen molar-refractivity contribution in [3.8, 4) is 11.8 Å². The van der Waals surface area contributed by atoms with Crippen LogP contribution in [0.2, 0.25) is 0 Å². The maximum atomic E-state index is 11.8. The molecule has 2 heterocycles. The largest absolute Gasteiger partial charge is 0.489 e. The average Bonchev–Trinajstić information content (AvgIpc) is 3.24. The first-order chi connectivity index (χ1) is 17.0. The molecule has 1 aromatic heterocycles. The monoisotopic (exact) mass is 474 g/mol. The van der Waals surface area contributed by atoms with Crippen molar-refractivity contribution in [2.45, 2.75) is 39.0 Å². The molecule has 8 heteroatoms. The summed E-state index contributed by atoms with van der Waals surface area (Å²) < 4.78 is 8.30. The number of carbonyl (C=O) groups excluding carboxylic acids is 1. The number of nitrogens with zero attached hydrogens (tertiary/aromatic N) is 5. The molecule has 184 valence electrons. The van der Waals surface area contributed by atoms with Crippen LogP contribution in [0.1, 0.15) is 42.6 Å². The molecule has 1 saturated heterocycles. The Balaban J connectivity index is 1.58. The fourth-order valence-corrected chi connectivity index (χ4v) is 4.59. The minimum absolute atomic E-state index is 0.144. The summed E-state index contributed by atoms with van der Waals surface area (Å²) in [5, 5.41) is 18.3. The Morgan fingerprint density at radius 1 is 1.23 bits per heavy atom. The van der Waals surface area contributed by atoms with Gasteiger partial charge in [0.25, 0.3) is 0 Å². The number of likely N-dealkylation sites (N-methyl/N-ethyl adjacent to an activating group) is 2. The van der Waals surface area contributed by atoms with E-state index in [2.05, 4.69) is 34.1 Å². The number of hydrogen-bond acceptors (Lipinski definition) is 6. The number of amides is 1. The Bertz CT molecular complexity index is 1190. The predicted molar refractivity (Wildman–Crippen MR) is 136 cm³/mol. The van der Waals surface area contributed by atoms with E-state index in [1.807, 2.05) is 48.3 Å². The van der Waals surface area contributed by atoms with Gasteiger partial charge >= 0.3 is 0 Å². The van der Waals surface area contributed by atoms with E-state index in [9.17, 15) is 4.79 Å². The summed E-state index contributed by atoms with van der Waals surface area (Å²) in [5.41, 5.74) is 3.80. The molecule has 1 aliphatic rings. The molecule has 0 spiro atoms. The number of benzene rings is 2. The van der Waals surface area contributed by atoms with Crippen molar-refractivity contribution < 1.29 is 9.53 Å². The van der Waals surface area contributed by atoms with Crippen LogP contribution in [0.25, 0.3) is 10.9 Å². The number of fused-ring (bicyclic) bond motifs is 1. The Labute approximate surface area is 207 Å². The van der Waals surface area contributed by atoms with Gasteiger partial charge in [-0.2, -0.15) is 10.4 Å². The van der Waals surface area contributed by atoms with Gasteiger partial charge in [0.2, 0.25) is 5.91 Å². The zero-order valence-corrected chi connectivity index (χ0v) is 20.8. The number of aromatic nitrogens is 2. The highest BCUT2D eigenvalue weighted by atomic mass is 16.5. The van der Waals surface area contributed by atoms with Crippen LogP contribution in [-0.4, -0.2) is 65.8 Å². The Hall–Kier alpha value is -3.41. The van der Waals surface area contributed by atoms with Crippen LogP contribution in [-0.2, 0) is 17.9 Å². The van der Waals surface area contributed by atoms with E-state index in [0.717, 1.165) is 67.8 Å². The van der Waals surface area contributed by atoms with Gasteiger partial charge in [-0.15, -0.1) is 0 Å². The minimum Gasteiger partial charge on any atom is -0.489 e. The molecule has 1 N–H and O–H groups in total. The Morgan fingerprint density at radius 3 is 2.63 bits per heavy atom. The third-order valence-electron chi connectivity index (χ3n) is 6.68. The SMILES string of the molecule is CNCCN(C)Cc1c2cc(OCc3ccc(C#N)cc3)ccc2nn1C1CCN(C(C)=O)CC1. The summed E-state index contributed by atoms with van der Waals surface area (Å²) in [4.78, 5) is 16.0. The average molecular weight is 475 g/mol. The van der Waals surface area contributed by atoms with E-state index >= 15 is 0 Å². The molecule has 0 aliphatic carbocycles. The topological polar surface area (TPSA) is 86.4 Å². The van der Waals surface area contributed by atoms with Crippen molar-refractivity contribution in [2.75, 3.05) is 40.3 Å². The second kappa shape index (κ2) is 11.3. The molecule has 8 nitrogen and oxygen atoms in total. The van der Waals surface area contributed by atoms with Gasteiger partial charge in [-0.05, 0) is 62.8 Å². The van der Waals surface area contributed by atoms with Gasteiger partial charge in [0.15, 0.2) is 0 Å². The minimum atomic E-state index is 0.144. The summed E-state index contributed by atoms with van der Waals surface area (Å²) in [6, 6.07) is 16.0. The summed E-state index contributed by atoms with van der Waals surface area (Å²) in [6.07, 6.45) is 1.81. The van der Waals surface area contributed by atoms with E-state index in [4.69, 9.17) is 15.1 Å². The first-order valence-electron chi connectivity index (χ1n) is 12.2. The van der Waals surface area contributed by atoms with Gasteiger partial charge in [-0.1, -0.05) is 12.1 Å². The van der Waals surface area contributed by atoms with Crippen molar-refractivity contribution in [1.82, 2.24) is 24.9 Å². The van der Waals surface area contributed by atoms with Crippen LogP contribution >= 0.6 is 0 Å². The van der Waals surface area contributed by atoms with Gasteiger partial charge in [-0.3, -0.25) is 14.4 Å². The number of carbonyl (C=O) groups is 1. The molecule has 0 atom stereocenters. The maximum absolute atomic E-state index is 11.8. The molecule has 0 bridgehead atoms. The van der Waals surface area contributed by atoms with E-state index in [-0.39, 0.29) is 11.9 Å². The standard InChI is InChI=1S/C27H34N6O2/c1-20(34)32-13-10-23(11-14-32)33-27(18-31(3)15-12-29-2)25-16-24(8-9-26(25)30-33)35-19-22-6-4-21(17-28)5-7-22/h4-9,16,23,29H,10-15,18-19H2,1-3H3. The normalized spacial score (nSPS) is 14.4. The lowest BCUT2D eigenvalue weighted by molar-refractivity contribution is -0.130. The first kappa shape index (κ1) is 24.7. The first-order valence-corrected chi connectivity index (χ1v) is 12.2. The fraction of sp³-hybridized carbons (Fsp3) is 0.444. The quantitative estimate of drug-likeness (QED) is 0.512. The number of likely N-dealkylation sites (tertiary alicyclic amines) is 1. The van der Waals surface area contributed by atoms with Crippen LogP contribution in [0.15, 0.2) is 42.5 Å². The van der Waals surface area contributed by atoms with Crippen LogP contribution in [0.4, 0.5) is 0 Å². The molecule has 3 aromatic rings. The number of ether oxygens (including phenoxy) is 1. The predicted octanol–water partition coefficient (Wildman–Crippen LogP) is 3.32. The van der Waals surface area contributed by atoms with Crippen molar-refractivity contribution >= 4 is 16.8 Å². The lowest BCUT2D eigenvalue weighted by Crippen LogP contribution is -2.38. The smallest absolute Gasteiger partial charge is 0.219 e. The molecule has 2 aromatic carbocycles. The van der Waals surface area contributed by atoms with Crippen LogP contribution in [0.3, 0.4) is 0 Å². The molecule has 0 unspecified atom stereocenters. The second-order valence-corrected chi connectivity index (χ2v) is 9.25. The molecule has 0 radical (unpaired) electrons. The zero-order valence-electron chi connectivity index (χ0n) is 20.8. The lowest BCUT2D eigenvalue weighted by Gasteiger charge is -2.32. The fourth-order valence-electron chi connectivity index (χ4n) is 4.59. The van der Waals surface area contributed by atoms with E-state index in [1.54, 1.807) is 6.92 Å². The third kappa shape index (κ3) is 5.99. The van der Waals surface area contributed by atoms with E-state index in [0.29, 0.717) is 12.2 Å². The van der Waals surface area contributed by atoms with Gasteiger partial charge < -0.3 is 15.0 Å². The van der Waals surface area contributed by atoms with Crippen molar-refractivity contribution in [3.05, 3.63) is 59.3 Å². The molecular weight excluding hydrogens is 440 g/mol. The number of rotatable bonds is 9. The molecule has 1 amide bonds. The number of hydrogen-bond donors (Lipinski definition) is 1. The van der Waals surface area contributed by atoms with Gasteiger partial charge in [-0.25, -0.2) is 0 Å². The van der Waals surface area contributed by atoms with Crippen molar-refractivity contribution in [2.24, 2.45) is 0 Å². The molecule has 4 rings (SSSR count). The molecule has 0 saturated carbocycles. The number of nitriles is 1. The van der Waals surface area contributed by atoms with Crippen molar-refractivity contribution in [1.29, 1.82) is 5.26 Å². The second-order valence-electron chi connectivity index (χ2n) is 9.25. The van der Waals surface area contributed by atoms with E-state index in [1.165, 1.54) is 5.69 Å². The number of nitrogens with one attached hydrogen (secondary N) is 1. The Morgan fingerprint density at radius 2 is 1.97 bits per heavy atom. The van der Waals surface area contributed by atoms with E-state index < -0.39 is 0 Å². The van der Waals surface area contributed by atoms with Crippen molar-refractivity contribution in [3.63, 3.8) is 0 Å². The Kier molecular flexibility index (Phi) is 8.01. The highest BCUT2D eigenvalue weighted by Crippen LogP contribution is 2.31. The number of piperidine rings is 1. The summed E-state index contributed by atoms with van der Waals surface area (Å²) in [6.45, 7) is 6.24. The summed E-state index contributed by atoms with van der Waals surface area (Å²) in [5.74, 6) is 0.942. The van der Waals surface area contributed by atoms with Gasteiger partial charge in [0.05, 0.1) is 28.9 Å². The maximum Gasteiger partial charge on any atom is 0.219 e. The lowest BCUT2D eigenvalue weighted by atomic mass is 10.0. The van der Waals surface area contributed by atoms with Crippen LogP contribution in [0.5, 0.6) is 5.75 Å². The zero-order chi connectivity index (χ0) is 24.8. The van der Waals surface area contributed by atoms with Crippen LogP contribution in [0, 0.1) is 11.3 Å².